The molecule has 0 radical (unpaired) electrons. The molecular weight excluding hydrogens is 282 g/mol. The van der Waals surface area contributed by atoms with Gasteiger partial charge in [-0.3, -0.25) is 9.69 Å². The molecule has 0 aliphatic carbocycles. The topological polar surface area (TPSA) is 46.1 Å². The number of alkyl halides is 1. The van der Waals surface area contributed by atoms with Gasteiger partial charge in [0.2, 0.25) is 5.91 Å². The van der Waals surface area contributed by atoms with Crippen LogP contribution in [-0.4, -0.2) is 20.5 Å². The summed E-state index contributed by atoms with van der Waals surface area (Å²) in [7, 11) is 0. The minimum atomic E-state index is -0.203. The molecule has 19 heavy (non-hydrogen) atoms. The summed E-state index contributed by atoms with van der Waals surface area (Å²) in [6.45, 7) is 5.98. The summed E-state index contributed by atoms with van der Waals surface area (Å²) >= 11 is 6.79. The van der Waals surface area contributed by atoms with E-state index in [0.29, 0.717) is 5.82 Å². The predicted octanol–water partition coefficient (Wildman–Crippen LogP) is 3.37. The fourth-order valence-electron chi connectivity index (χ4n) is 1.97. The third-order valence-corrected chi connectivity index (χ3v) is 3.77. The van der Waals surface area contributed by atoms with Crippen molar-refractivity contribution in [3.63, 3.8) is 0 Å². The van der Waals surface area contributed by atoms with Crippen molar-refractivity contribution in [2.45, 2.75) is 20.8 Å². The number of anilines is 2. The van der Waals surface area contributed by atoms with Crippen molar-refractivity contribution < 1.29 is 4.79 Å². The molecule has 0 aliphatic heterocycles. The summed E-state index contributed by atoms with van der Waals surface area (Å²) < 4.78 is 8.11. The molecule has 0 aliphatic rings. The Balaban J connectivity index is 2.63. The van der Waals surface area contributed by atoms with Crippen LogP contribution in [0.5, 0.6) is 0 Å². The SMILES string of the molecule is Cc1ccc(C)c(N(C(=O)CCl)c2cnsn2)c1C. The second-order valence-corrected chi connectivity index (χ2v) is 5.13. The number of aromatic nitrogens is 2. The Morgan fingerprint density at radius 1 is 1.32 bits per heavy atom. The summed E-state index contributed by atoms with van der Waals surface area (Å²) in [5.41, 5.74) is 4.02. The maximum Gasteiger partial charge on any atom is 0.247 e. The van der Waals surface area contributed by atoms with Crippen molar-refractivity contribution in [2.24, 2.45) is 0 Å². The van der Waals surface area contributed by atoms with Gasteiger partial charge < -0.3 is 0 Å². The van der Waals surface area contributed by atoms with Gasteiger partial charge in [-0.05, 0) is 37.5 Å². The Morgan fingerprint density at radius 2 is 2.00 bits per heavy atom. The van der Waals surface area contributed by atoms with Crippen molar-refractivity contribution in [3.05, 3.63) is 35.0 Å². The maximum absolute atomic E-state index is 12.2. The molecule has 0 N–H and O–H groups in total. The van der Waals surface area contributed by atoms with Gasteiger partial charge in [-0.1, -0.05) is 12.1 Å². The third-order valence-electron chi connectivity index (χ3n) is 3.07. The summed E-state index contributed by atoms with van der Waals surface area (Å²) in [5, 5.41) is 0. The summed E-state index contributed by atoms with van der Waals surface area (Å²) in [6, 6.07) is 4.03. The number of nitrogens with zero attached hydrogens (tertiary/aromatic N) is 3. The maximum atomic E-state index is 12.2. The molecule has 100 valence electrons. The Bertz CT molecular complexity index is 598. The van der Waals surface area contributed by atoms with Crippen LogP contribution in [0.4, 0.5) is 11.5 Å². The number of amides is 1. The Kier molecular flexibility index (Phi) is 4.17. The van der Waals surface area contributed by atoms with Gasteiger partial charge in [0.05, 0.1) is 23.6 Å². The minimum absolute atomic E-state index is 0.0929. The monoisotopic (exact) mass is 295 g/mol. The van der Waals surface area contributed by atoms with Crippen LogP contribution >= 0.6 is 23.3 Å². The van der Waals surface area contributed by atoms with Crippen molar-refractivity contribution in [1.29, 1.82) is 0 Å². The molecule has 1 heterocycles. The molecule has 1 aromatic heterocycles. The molecule has 6 heteroatoms. The lowest BCUT2D eigenvalue weighted by Gasteiger charge is -2.24. The van der Waals surface area contributed by atoms with E-state index in [1.54, 1.807) is 11.1 Å². The molecule has 2 rings (SSSR count). The third kappa shape index (κ3) is 2.62. The van der Waals surface area contributed by atoms with Crippen molar-refractivity contribution in [1.82, 2.24) is 8.75 Å². The second kappa shape index (κ2) is 5.67. The average molecular weight is 296 g/mol. The molecular formula is C13H14ClN3OS. The van der Waals surface area contributed by atoms with Crippen LogP contribution in [0.1, 0.15) is 16.7 Å². The van der Waals surface area contributed by atoms with Gasteiger partial charge >= 0.3 is 0 Å². The molecule has 0 saturated carbocycles. The van der Waals surface area contributed by atoms with Gasteiger partial charge in [0.25, 0.3) is 0 Å². The molecule has 0 saturated heterocycles. The summed E-state index contributed by atoms with van der Waals surface area (Å²) in [6.07, 6.45) is 1.58. The first-order valence-corrected chi connectivity index (χ1v) is 7.06. The van der Waals surface area contributed by atoms with Gasteiger partial charge in [-0.2, -0.15) is 8.75 Å². The molecule has 4 nitrogen and oxygen atoms in total. The van der Waals surface area contributed by atoms with Gasteiger partial charge in [-0.25, -0.2) is 0 Å². The van der Waals surface area contributed by atoms with Gasteiger partial charge in [-0.15, -0.1) is 11.6 Å². The zero-order valence-electron chi connectivity index (χ0n) is 11.0. The Morgan fingerprint density at radius 3 is 2.58 bits per heavy atom. The molecule has 0 atom stereocenters. The molecule has 0 fully saturated rings. The number of carbonyl (C=O) groups is 1. The van der Waals surface area contributed by atoms with E-state index in [1.807, 2.05) is 32.9 Å². The number of benzene rings is 1. The van der Waals surface area contributed by atoms with E-state index in [-0.39, 0.29) is 11.8 Å². The first-order valence-electron chi connectivity index (χ1n) is 5.79. The molecule has 1 aromatic carbocycles. The average Bonchev–Trinajstić information content (AvgIpc) is 2.92. The molecule has 0 bridgehead atoms. The van der Waals surface area contributed by atoms with E-state index in [1.165, 1.54) is 0 Å². The van der Waals surface area contributed by atoms with Crippen molar-refractivity contribution >= 4 is 40.7 Å². The van der Waals surface area contributed by atoms with E-state index in [2.05, 4.69) is 8.75 Å². The number of aryl methyl sites for hydroxylation is 2. The van der Waals surface area contributed by atoms with Gasteiger partial charge in [0.1, 0.15) is 5.88 Å². The number of halogens is 1. The lowest BCUT2D eigenvalue weighted by molar-refractivity contribution is -0.115. The zero-order chi connectivity index (χ0) is 14.0. The smallest absolute Gasteiger partial charge is 0.247 e. The lowest BCUT2D eigenvalue weighted by atomic mass is 10.0. The van der Waals surface area contributed by atoms with Gasteiger partial charge in [0.15, 0.2) is 5.82 Å². The van der Waals surface area contributed by atoms with Crippen LogP contribution in [0.2, 0.25) is 0 Å². The largest absolute Gasteiger partial charge is 0.273 e. The first-order chi connectivity index (χ1) is 9.06. The summed E-state index contributed by atoms with van der Waals surface area (Å²) in [4.78, 5) is 13.7. The van der Waals surface area contributed by atoms with E-state index in [9.17, 15) is 4.79 Å². The fraction of sp³-hybridized carbons (Fsp3) is 0.308. The highest BCUT2D eigenvalue weighted by atomic mass is 35.5. The molecule has 0 unspecified atom stereocenters. The van der Waals surface area contributed by atoms with E-state index < -0.39 is 0 Å². The van der Waals surface area contributed by atoms with Gasteiger partial charge in [0, 0.05) is 0 Å². The number of carbonyl (C=O) groups excluding carboxylic acids is 1. The van der Waals surface area contributed by atoms with E-state index >= 15 is 0 Å². The van der Waals surface area contributed by atoms with E-state index in [0.717, 1.165) is 34.1 Å². The molecule has 0 spiro atoms. The highest BCUT2D eigenvalue weighted by Gasteiger charge is 2.23. The summed E-state index contributed by atoms with van der Waals surface area (Å²) in [5.74, 6) is 0.225. The van der Waals surface area contributed by atoms with Crippen LogP contribution in [0, 0.1) is 20.8 Å². The highest BCUT2D eigenvalue weighted by molar-refractivity contribution is 6.99. The highest BCUT2D eigenvalue weighted by Crippen LogP contribution is 2.32. The van der Waals surface area contributed by atoms with Crippen molar-refractivity contribution in [3.8, 4) is 0 Å². The molecule has 1 amide bonds. The van der Waals surface area contributed by atoms with Crippen LogP contribution in [-0.2, 0) is 4.79 Å². The quantitative estimate of drug-likeness (QED) is 0.816. The zero-order valence-corrected chi connectivity index (χ0v) is 12.5. The van der Waals surface area contributed by atoms with Crippen LogP contribution in [0.3, 0.4) is 0 Å². The van der Waals surface area contributed by atoms with Crippen LogP contribution < -0.4 is 4.90 Å². The standard InChI is InChI=1S/C13H14ClN3OS/c1-8-4-5-9(2)13(10(8)3)17(12(18)6-14)11-7-15-19-16-11/h4-5,7H,6H2,1-3H3. The van der Waals surface area contributed by atoms with Crippen LogP contribution in [0.25, 0.3) is 0 Å². The second-order valence-electron chi connectivity index (χ2n) is 4.30. The number of rotatable bonds is 3. The first kappa shape index (κ1) is 14.0. The fourth-order valence-corrected chi connectivity index (χ4v) is 2.49. The predicted molar refractivity (Wildman–Crippen MR) is 78.4 cm³/mol. The number of hydrogen-bond donors (Lipinski definition) is 0. The van der Waals surface area contributed by atoms with E-state index in [4.69, 9.17) is 11.6 Å². The number of hydrogen-bond acceptors (Lipinski definition) is 4. The van der Waals surface area contributed by atoms with Crippen LogP contribution in [0.15, 0.2) is 18.3 Å². The molecule has 2 aromatic rings. The normalized spacial score (nSPS) is 10.5. The minimum Gasteiger partial charge on any atom is -0.273 e. The lowest BCUT2D eigenvalue weighted by Crippen LogP contribution is -2.28. The Labute approximate surface area is 121 Å². The van der Waals surface area contributed by atoms with Crippen molar-refractivity contribution in [2.75, 3.05) is 10.8 Å². The Hall–Kier alpha value is -1.46.